The molecule has 0 radical (unpaired) electrons. The summed E-state index contributed by atoms with van der Waals surface area (Å²) < 4.78 is 10.6. The zero-order valence-corrected chi connectivity index (χ0v) is 9.27. The van der Waals surface area contributed by atoms with Crippen LogP contribution in [0.4, 0.5) is 0 Å². The summed E-state index contributed by atoms with van der Waals surface area (Å²) in [6, 6.07) is 7.43. The van der Waals surface area contributed by atoms with Gasteiger partial charge in [-0.3, -0.25) is 0 Å². The van der Waals surface area contributed by atoms with E-state index in [0.29, 0.717) is 19.8 Å². The zero-order chi connectivity index (χ0) is 11.1. The Morgan fingerprint density at radius 3 is 2.40 bits per heavy atom. The van der Waals surface area contributed by atoms with Crippen LogP contribution in [-0.4, -0.2) is 24.9 Å². The SMILES string of the molecule is CCOCCOc1ccc([C@H](C)O)cc1. The van der Waals surface area contributed by atoms with Crippen LogP contribution in [-0.2, 0) is 4.74 Å². The molecule has 0 amide bonds. The number of ether oxygens (including phenoxy) is 2. The van der Waals surface area contributed by atoms with Crippen molar-refractivity contribution in [2.24, 2.45) is 0 Å². The van der Waals surface area contributed by atoms with Crippen molar-refractivity contribution in [2.45, 2.75) is 20.0 Å². The summed E-state index contributed by atoms with van der Waals surface area (Å²) in [5.74, 6) is 0.805. The first kappa shape index (κ1) is 12.0. The first-order chi connectivity index (χ1) is 7.24. The van der Waals surface area contributed by atoms with Gasteiger partial charge in [0.25, 0.3) is 0 Å². The Morgan fingerprint density at radius 1 is 1.20 bits per heavy atom. The van der Waals surface area contributed by atoms with Crippen LogP contribution < -0.4 is 4.74 Å². The number of rotatable bonds is 6. The average molecular weight is 210 g/mol. The Labute approximate surface area is 90.6 Å². The second kappa shape index (κ2) is 6.43. The summed E-state index contributed by atoms with van der Waals surface area (Å²) in [6.45, 7) is 5.57. The van der Waals surface area contributed by atoms with E-state index in [9.17, 15) is 5.11 Å². The van der Waals surface area contributed by atoms with Crippen LogP contribution in [0.3, 0.4) is 0 Å². The largest absolute Gasteiger partial charge is 0.491 e. The highest BCUT2D eigenvalue weighted by Gasteiger charge is 2.00. The molecule has 1 N–H and O–H groups in total. The van der Waals surface area contributed by atoms with E-state index in [1.165, 1.54) is 0 Å². The summed E-state index contributed by atoms with van der Waals surface area (Å²) >= 11 is 0. The normalized spacial score (nSPS) is 12.5. The van der Waals surface area contributed by atoms with Crippen LogP contribution in [0.1, 0.15) is 25.5 Å². The summed E-state index contributed by atoms with van der Waals surface area (Å²) in [6.07, 6.45) is -0.428. The molecule has 0 aromatic heterocycles. The molecule has 0 saturated heterocycles. The Bertz CT molecular complexity index is 267. The topological polar surface area (TPSA) is 38.7 Å². The minimum absolute atomic E-state index is 0.428. The van der Waals surface area contributed by atoms with Gasteiger partial charge >= 0.3 is 0 Å². The molecule has 3 nitrogen and oxygen atoms in total. The van der Waals surface area contributed by atoms with Gasteiger partial charge in [-0.15, -0.1) is 0 Å². The molecule has 0 heterocycles. The molecule has 0 aliphatic carbocycles. The number of aliphatic hydroxyl groups is 1. The Hall–Kier alpha value is -1.06. The molecule has 84 valence electrons. The van der Waals surface area contributed by atoms with Crippen LogP contribution in [0.5, 0.6) is 5.75 Å². The van der Waals surface area contributed by atoms with Gasteiger partial charge in [-0.1, -0.05) is 12.1 Å². The maximum Gasteiger partial charge on any atom is 0.119 e. The second-order valence-corrected chi connectivity index (χ2v) is 3.29. The first-order valence-electron chi connectivity index (χ1n) is 5.22. The number of benzene rings is 1. The Morgan fingerprint density at radius 2 is 1.87 bits per heavy atom. The van der Waals surface area contributed by atoms with E-state index in [2.05, 4.69) is 0 Å². The fourth-order valence-corrected chi connectivity index (χ4v) is 1.21. The molecule has 3 heteroatoms. The molecule has 0 aliphatic rings. The lowest BCUT2D eigenvalue weighted by atomic mass is 10.1. The van der Waals surface area contributed by atoms with E-state index in [1.807, 2.05) is 31.2 Å². The molecule has 1 aromatic carbocycles. The van der Waals surface area contributed by atoms with E-state index in [1.54, 1.807) is 6.92 Å². The Kier molecular flexibility index (Phi) is 5.15. The minimum Gasteiger partial charge on any atom is -0.491 e. The van der Waals surface area contributed by atoms with Crippen LogP contribution in [0.25, 0.3) is 0 Å². The predicted molar refractivity (Wildman–Crippen MR) is 59.1 cm³/mol. The van der Waals surface area contributed by atoms with Crippen molar-refractivity contribution >= 4 is 0 Å². The standard InChI is InChI=1S/C12H18O3/c1-3-14-8-9-15-12-6-4-11(5-7-12)10(2)13/h4-7,10,13H,3,8-9H2,1-2H3/t10-/m0/s1. The van der Waals surface area contributed by atoms with Gasteiger partial charge in [0.15, 0.2) is 0 Å². The van der Waals surface area contributed by atoms with E-state index >= 15 is 0 Å². The molecule has 0 spiro atoms. The van der Waals surface area contributed by atoms with E-state index < -0.39 is 6.10 Å². The minimum atomic E-state index is -0.428. The van der Waals surface area contributed by atoms with Crippen LogP contribution >= 0.6 is 0 Å². The number of aliphatic hydroxyl groups excluding tert-OH is 1. The maximum atomic E-state index is 9.30. The number of hydrogen-bond acceptors (Lipinski definition) is 3. The van der Waals surface area contributed by atoms with E-state index in [4.69, 9.17) is 9.47 Å². The van der Waals surface area contributed by atoms with Gasteiger partial charge in [0, 0.05) is 6.61 Å². The second-order valence-electron chi connectivity index (χ2n) is 3.29. The fourth-order valence-electron chi connectivity index (χ4n) is 1.21. The fraction of sp³-hybridized carbons (Fsp3) is 0.500. The third-order valence-corrected chi connectivity index (χ3v) is 2.06. The van der Waals surface area contributed by atoms with Crippen molar-refractivity contribution in [1.29, 1.82) is 0 Å². The highest BCUT2D eigenvalue weighted by atomic mass is 16.5. The van der Waals surface area contributed by atoms with E-state index in [0.717, 1.165) is 11.3 Å². The molecule has 0 unspecified atom stereocenters. The van der Waals surface area contributed by atoms with Crippen molar-refractivity contribution in [2.75, 3.05) is 19.8 Å². The summed E-state index contributed by atoms with van der Waals surface area (Å²) in [5.41, 5.74) is 0.896. The van der Waals surface area contributed by atoms with Gasteiger partial charge in [-0.25, -0.2) is 0 Å². The van der Waals surface area contributed by atoms with Crippen LogP contribution in [0.15, 0.2) is 24.3 Å². The Balaban J connectivity index is 2.36. The molecular weight excluding hydrogens is 192 g/mol. The first-order valence-corrected chi connectivity index (χ1v) is 5.22. The van der Waals surface area contributed by atoms with Crippen LogP contribution in [0, 0.1) is 0 Å². The summed E-state index contributed by atoms with van der Waals surface area (Å²) in [7, 11) is 0. The molecule has 0 saturated carbocycles. The highest BCUT2D eigenvalue weighted by Crippen LogP contribution is 2.16. The quantitative estimate of drug-likeness (QED) is 0.731. The van der Waals surface area contributed by atoms with Crippen molar-refractivity contribution in [3.8, 4) is 5.75 Å². The van der Waals surface area contributed by atoms with Gasteiger partial charge in [-0.05, 0) is 31.5 Å². The van der Waals surface area contributed by atoms with Gasteiger partial charge in [0.05, 0.1) is 12.7 Å². The lowest BCUT2D eigenvalue weighted by molar-refractivity contribution is 0.110. The summed E-state index contributed by atoms with van der Waals surface area (Å²) in [4.78, 5) is 0. The molecule has 15 heavy (non-hydrogen) atoms. The molecule has 0 bridgehead atoms. The molecule has 1 aromatic rings. The monoisotopic (exact) mass is 210 g/mol. The lowest BCUT2D eigenvalue weighted by Crippen LogP contribution is -2.06. The molecule has 0 fully saturated rings. The van der Waals surface area contributed by atoms with Crippen molar-refractivity contribution in [3.63, 3.8) is 0 Å². The summed E-state index contributed by atoms with van der Waals surface area (Å²) in [5, 5.41) is 9.30. The lowest BCUT2D eigenvalue weighted by Gasteiger charge is -2.08. The van der Waals surface area contributed by atoms with Crippen molar-refractivity contribution in [3.05, 3.63) is 29.8 Å². The number of hydrogen-bond donors (Lipinski definition) is 1. The molecule has 0 aliphatic heterocycles. The van der Waals surface area contributed by atoms with Gasteiger partial charge < -0.3 is 14.6 Å². The average Bonchev–Trinajstić information content (AvgIpc) is 2.25. The van der Waals surface area contributed by atoms with Crippen molar-refractivity contribution < 1.29 is 14.6 Å². The zero-order valence-electron chi connectivity index (χ0n) is 9.27. The molecule has 1 rings (SSSR count). The van der Waals surface area contributed by atoms with Crippen LogP contribution in [0.2, 0.25) is 0 Å². The maximum absolute atomic E-state index is 9.30. The highest BCUT2D eigenvalue weighted by molar-refractivity contribution is 5.28. The smallest absolute Gasteiger partial charge is 0.119 e. The van der Waals surface area contributed by atoms with Crippen molar-refractivity contribution in [1.82, 2.24) is 0 Å². The third-order valence-electron chi connectivity index (χ3n) is 2.06. The van der Waals surface area contributed by atoms with Gasteiger partial charge in [0.1, 0.15) is 12.4 Å². The molecular formula is C12H18O3. The predicted octanol–water partition coefficient (Wildman–Crippen LogP) is 2.16. The third kappa shape index (κ3) is 4.32. The van der Waals surface area contributed by atoms with E-state index in [-0.39, 0.29) is 0 Å². The van der Waals surface area contributed by atoms with Gasteiger partial charge in [-0.2, -0.15) is 0 Å². The van der Waals surface area contributed by atoms with Gasteiger partial charge in [0.2, 0.25) is 0 Å². The molecule has 1 atom stereocenters.